The molecule has 0 saturated heterocycles. The van der Waals surface area contributed by atoms with Crippen LogP contribution in [0.1, 0.15) is 40.2 Å². The largest absolute Gasteiger partial charge is 0.312 e. The molecule has 0 aliphatic rings. The van der Waals surface area contributed by atoms with E-state index in [0.29, 0.717) is 5.02 Å². The second-order valence-corrected chi connectivity index (χ2v) is 7.09. The Bertz CT molecular complexity index is 407. The van der Waals surface area contributed by atoms with E-state index in [1.165, 1.54) is 12.1 Å². The highest BCUT2D eigenvalue weighted by Crippen LogP contribution is 2.27. The summed E-state index contributed by atoms with van der Waals surface area (Å²) >= 11 is 6.07. The molecule has 3 heteroatoms. The van der Waals surface area contributed by atoms with E-state index < -0.39 is 0 Å². The topological polar surface area (TPSA) is 12.0 Å². The average molecular weight is 272 g/mol. The van der Waals surface area contributed by atoms with Gasteiger partial charge in [0.05, 0.1) is 0 Å². The minimum Gasteiger partial charge on any atom is -0.312 e. The van der Waals surface area contributed by atoms with Crippen molar-refractivity contribution in [3.05, 3.63) is 34.6 Å². The van der Waals surface area contributed by atoms with Crippen molar-refractivity contribution in [1.29, 1.82) is 0 Å². The maximum Gasteiger partial charge on any atom is 0.124 e. The Hall–Kier alpha value is -0.600. The monoisotopic (exact) mass is 271 g/mol. The Kier molecular flexibility index (Phi) is 4.79. The van der Waals surface area contributed by atoms with Crippen LogP contribution in [0.25, 0.3) is 0 Å². The molecule has 0 aliphatic carbocycles. The molecule has 1 N–H and O–H groups in total. The summed E-state index contributed by atoms with van der Waals surface area (Å²) in [5.41, 5.74) is 1.18. The molecule has 1 nitrogen and oxygen atoms in total. The van der Waals surface area contributed by atoms with Crippen LogP contribution in [0.3, 0.4) is 0 Å². The van der Waals surface area contributed by atoms with Crippen molar-refractivity contribution < 1.29 is 4.39 Å². The summed E-state index contributed by atoms with van der Waals surface area (Å²) in [4.78, 5) is 0. The smallest absolute Gasteiger partial charge is 0.124 e. The predicted octanol–water partition coefficient (Wildman–Crippen LogP) is 4.44. The van der Waals surface area contributed by atoms with Gasteiger partial charge in [0.2, 0.25) is 0 Å². The summed E-state index contributed by atoms with van der Waals surface area (Å²) < 4.78 is 13.0. The van der Waals surface area contributed by atoms with Gasteiger partial charge in [0.25, 0.3) is 0 Å². The third-order valence-corrected chi connectivity index (χ3v) is 3.13. The first kappa shape index (κ1) is 15.5. The molecule has 102 valence electrons. The zero-order chi connectivity index (χ0) is 14.0. The van der Waals surface area contributed by atoms with Gasteiger partial charge in [0, 0.05) is 17.1 Å². The highest BCUT2D eigenvalue weighted by atomic mass is 35.5. The van der Waals surface area contributed by atoms with Crippen LogP contribution in [-0.4, -0.2) is 12.1 Å². The van der Waals surface area contributed by atoms with Gasteiger partial charge in [-0.25, -0.2) is 4.39 Å². The van der Waals surface area contributed by atoms with Crippen molar-refractivity contribution in [2.75, 3.05) is 6.54 Å². The Morgan fingerprint density at radius 2 is 1.78 bits per heavy atom. The van der Waals surface area contributed by atoms with Crippen LogP contribution in [0, 0.1) is 11.2 Å². The summed E-state index contributed by atoms with van der Waals surface area (Å²) in [7, 11) is 0. The van der Waals surface area contributed by atoms with E-state index in [9.17, 15) is 4.39 Å². The molecule has 0 unspecified atom stereocenters. The Balaban J connectivity index is 2.70. The molecular formula is C15H23ClFN. The van der Waals surface area contributed by atoms with Crippen molar-refractivity contribution in [1.82, 2.24) is 5.32 Å². The van der Waals surface area contributed by atoms with Gasteiger partial charge in [0.15, 0.2) is 0 Å². The third kappa shape index (κ3) is 5.36. The standard InChI is InChI=1S/C15H23ClFN/c1-14(2,3)18-10-15(4,5)9-11-6-7-12(17)8-13(11)16/h6-8,18H,9-10H2,1-5H3. The molecule has 0 heterocycles. The molecule has 0 radical (unpaired) electrons. The summed E-state index contributed by atoms with van der Waals surface area (Å²) in [5, 5.41) is 4.01. The number of rotatable bonds is 4. The van der Waals surface area contributed by atoms with Crippen molar-refractivity contribution in [3.63, 3.8) is 0 Å². The minimum atomic E-state index is -0.283. The van der Waals surface area contributed by atoms with Crippen molar-refractivity contribution in [2.24, 2.45) is 5.41 Å². The number of benzene rings is 1. The Morgan fingerprint density at radius 3 is 2.28 bits per heavy atom. The molecular weight excluding hydrogens is 249 g/mol. The summed E-state index contributed by atoms with van der Waals surface area (Å²) in [6, 6.07) is 4.62. The van der Waals surface area contributed by atoms with Gasteiger partial charge in [-0.3, -0.25) is 0 Å². The SMILES string of the molecule is CC(C)(CNC(C)(C)C)Cc1ccc(F)cc1Cl. The summed E-state index contributed by atoms with van der Waals surface area (Å²) in [6.45, 7) is 11.7. The summed E-state index contributed by atoms with van der Waals surface area (Å²) in [5.74, 6) is -0.283. The molecule has 0 bridgehead atoms. The molecule has 0 aliphatic heterocycles. The lowest BCUT2D eigenvalue weighted by atomic mass is 9.85. The van der Waals surface area contributed by atoms with Crippen LogP contribution >= 0.6 is 11.6 Å². The zero-order valence-corrected chi connectivity index (χ0v) is 12.7. The fraction of sp³-hybridized carbons (Fsp3) is 0.600. The zero-order valence-electron chi connectivity index (χ0n) is 11.9. The fourth-order valence-corrected chi connectivity index (χ4v) is 1.98. The number of halogens is 2. The van der Waals surface area contributed by atoms with Crippen LogP contribution in [0.2, 0.25) is 5.02 Å². The first-order chi connectivity index (χ1) is 8.09. The third-order valence-electron chi connectivity index (χ3n) is 2.78. The molecule has 0 atom stereocenters. The van der Waals surface area contributed by atoms with E-state index in [0.717, 1.165) is 18.5 Å². The van der Waals surface area contributed by atoms with Gasteiger partial charge in [-0.1, -0.05) is 31.5 Å². The van der Waals surface area contributed by atoms with Crippen molar-refractivity contribution >= 4 is 11.6 Å². The van der Waals surface area contributed by atoms with E-state index >= 15 is 0 Å². The molecule has 1 rings (SSSR count). The molecule has 0 amide bonds. The first-order valence-corrected chi connectivity index (χ1v) is 6.66. The van der Waals surface area contributed by atoms with Crippen LogP contribution in [-0.2, 0) is 6.42 Å². The lowest BCUT2D eigenvalue weighted by molar-refractivity contribution is 0.289. The molecule has 0 aromatic heterocycles. The Morgan fingerprint density at radius 1 is 1.17 bits per heavy atom. The number of hydrogen-bond donors (Lipinski definition) is 1. The quantitative estimate of drug-likeness (QED) is 0.854. The second-order valence-electron chi connectivity index (χ2n) is 6.68. The minimum absolute atomic E-state index is 0.0781. The molecule has 1 aromatic carbocycles. The van der Waals surface area contributed by atoms with Crippen LogP contribution in [0.4, 0.5) is 4.39 Å². The van der Waals surface area contributed by atoms with Crippen LogP contribution in [0.5, 0.6) is 0 Å². The van der Waals surface area contributed by atoms with Crippen LogP contribution < -0.4 is 5.32 Å². The van der Waals surface area contributed by atoms with Crippen molar-refractivity contribution in [2.45, 2.75) is 46.6 Å². The van der Waals surface area contributed by atoms with E-state index in [2.05, 4.69) is 39.9 Å². The molecule has 0 fully saturated rings. The highest BCUT2D eigenvalue weighted by molar-refractivity contribution is 6.31. The van der Waals surface area contributed by atoms with Gasteiger partial charge in [0.1, 0.15) is 5.82 Å². The number of nitrogens with one attached hydrogen (secondary N) is 1. The van der Waals surface area contributed by atoms with Gasteiger partial charge in [-0.15, -0.1) is 0 Å². The summed E-state index contributed by atoms with van der Waals surface area (Å²) in [6.07, 6.45) is 0.829. The highest BCUT2D eigenvalue weighted by Gasteiger charge is 2.22. The van der Waals surface area contributed by atoms with E-state index in [1.807, 2.05) is 0 Å². The van der Waals surface area contributed by atoms with Gasteiger partial charge < -0.3 is 5.32 Å². The van der Waals surface area contributed by atoms with Crippen LogP contribution in [0.15, 0.2) is 18.2 Å². The molecule has 18 heavy (non-hydrogen) atoms. The average Bonchev–Trinajstić information content (AvgIpc) is 2.19. The second kappa shape index (κ2) is 5.58. The van der Waals surface area contributed by atoms with Gasteiger partial charge in [-0.05, 0) is 50.3 Å². The molecule has 1 aromatic rings. The molecule has 0 spiro atoms. The van der Waals surface area contributed by atoms with E-state index in [-0.39, 0.29) is 16.8 Å². The predicted molar refractivity (Wildman–Crippen MR) is 76.7 cm³/mol. The number of hydrogen-bond acceptors (Lipinski definition) is 1. The Labute approximate surface area is 115 Å². The van der Waals surface area contributed by atoms with Gasteiger partial charge >= 0.3 is 0 Å². The molecule has 0 saturated carbocycles. The maximum absolute atomic E-state index is 13.0. The van der Waals surface area contributed by atoms with Crippen molar-refractivity contribution in [3.8, 4) is 0 Å². The maximum atomic E-state index is 13.0. The van der Waals surface area contributed by atoms with Gasteiger partial charge in [-0.2, -0.15) is 0 Å². The lowest BCUT2D eigenvalue weighted by Crippen LogP contribution is -2.42. The van der Waals surface area contributed by atoms with E-state index in [4.69, 9.17) is 11.6 Å². The normalized spacial score (nSPS) is 12.8. The van der Waals surface area contributed by atoms with E-state index in [1.54, 1.807) is 6.07 Å². The fourth-order valence-electron chi connectivity index (χ4n) is 1.75. The lowest BCUT2D eigenvalue weighted by Gasteiger charge is -2.31. The first-order valence-electron chi connectivity index (χ1n) is 6.28.